The summed E-state index contributed by atoms with van der Waals surface area (Å²) in [4.78, 5) is 0. The standard InChI is InChI=1S/C19H26BFO4/c1-17(2)18(3,4)25-20(24-17)15-11-14(5-6-16(15)21)22-12-19-9-7-13(23-19)8-10-19/h5-6,11,13H,7-10,12H2,1-4H3. The SMILES string of the molecule is CC1(C)OB(c2cc(OCC34CCC(CC3)O4)ccc2F)OC1(C)C. The largest absolute Gasteiger partial charge is 0.497 e. The van der Waals surface area contributed by atoms with Crippen LogP contribution in [0.4, 0.5) is 4.39 Å². The van der Waals surface area contributed by atoms with E-state index in [2.05, 4.69) is 0 Å². The van der Waals surface area contributed by atoms with E-state index in [0.717, 1.165) is 25.7 Å². The normalized spacial score (nSPS) is 32.4. The van der Waals surface area contributed by atoms with Crippen LogP contribution in [0.15, 0.2) is 18.2 Å². The van der Waals surface area contributed by atoms with Gasteiger partial charge in [-0.05, 0) is 71.6 Å². The molecule has 0 radical (unpaired) electrons. The van der Waals surface area contributed by atoms with Gasteiger partial charge in [-0.15, -0.1) is 0 Å². The number of fused-ring (bicyclic) bond motifs is 2. The molecular formula is C19H26BFO4. The van der Waals surface area contributed by atoms with Crippen LogP contribution in [0.25, 0.3) is 0 Å². The molecule has 0 aromatic heterocycles. The van der Waals surface area contributed by atoms with E-state index in [4.69, 9.17) is 18.8 Å². The molecule has 0 amide bonds. The van der Waals surface area contributed by atoms with Crippen LogP contribution in [-0.4, -0.2) is 36.6 Å². The Morgan fingerprint density at radius 2 is 1.76 bits per heavy atom. The van der Waals surface area contributed by atoms with Crippen molar-refractivity contribution in [3.63, 3.8) is 0 Å². The number of hydrogen-bond acceptors (Lipinski definition) is 4. The lowest BCUT2D eigenvalue weighted by atomic mass is 9.78. The summed E-state index contributed by atoms with van der Waals surface area (Å²) in [5.41, 5.74) is -0.776. The Morgan fingerprint density at radius 3 is 2.32 bits per heavy atom. The van der Waals surface area contributed by atoms with Crippen LogP contribution in [0.5, 0.6) is 5.75 Å². The van der Waals surface area contributed by atoms with Crippen LogP contribution in [0.1, 0.15) is 53.4 Å². The summed E-state index contributed by atoms with van der Waals surface area (Å²) in [6.45, 7) is 8.34. The molecule has 2 bridgehead atoms. The van der Waals surface area contributed by atoms with Crippen molar-refractivity contribution in [2.75, 3.05) is 6.61 Å². The molecule has 3 fully saturated rings. The van der Waals surface area contributed by atoms with Gasteiger partial charge < -0.3 is 18.8 Å². The number of ether oxygens (including phenoxy) is 2. The Hall–Kier alpha value is -1.11. The summed E-state index contributed by atoms with van der Waals surface area (Å²) < 4.78 is 38.3. The highest BCUT2D eigenvalue weighted by atomic mass is 19.1. The first-order valence-electron chi connectivity index (χ1n) is 9.16. The fourth-order valence-electron chi connectivity index (χ4n) is 3.86. The van der Waals surface area contributed by atoms with E-state index in [1.807, 2.05) is 27.7 Å². The van der Waals surface area contributed by atoms with Crippen molar-refractivity contribution in [1.82, 2.24) is 0 Å². The lowest BCUT2D eigenvalue weighted by Gasteiger charge is -2.32. The van der Waals surface area contributed by atoms with Gasteiger partial charge in [-0.3, -0.25) is 0 Å². The van der Waals surface area contributed by atoms with Gasteiger partial charge in [0.25, 0.3) is 0 Å². The van der Waals surface area contributed by atoms with Crippen molar-refractivity contribution in [3.05, 3.63) is 24.0 Å². The Kier molecular flexibility index (Phi) is 3.95. The third-order valence-corrected chi connectivity index (χ3v) is 6.24. The van der Waals surface area contributed by atoms with Crippen LogP contribution in [0, 0.1) is 5.82 Å². The molecule has 136 valence electrons. The highest BCUT2D eigenvalue weighted by molar-refractivity contribution is 6.62. The second kappa shape index (κ2) is 5.70. The summed E-state index contributed by atoms with van der Waals surface area (Å²) in [5.74, 6) is 0.279. The topological polar surface area (TPSA) is 36.9 Å². The zero-order valence-electron chi connectivity index (χ0n) is 15.4. The van der Waals surface area contributed by atoms with E-state index in [9.17, 15) is 4.39 Å². The summed E-state index contributed by atoms with van der Waals surface area (Å²) in [7, 11) is -0.731. The van der Waals surface area contributed by atoms with Gasteiger partial charge >= 0.3 is 7.12 Å². The summed E-state index contributed by atoms with van der Waals surface area (Å²) >= 11 is 0. The summed E-state index contributed by atoms with van der Waals surface area (Å²) in [6, 6.07) is 4.76. The van der Waals surface area contributed by atoms with Crippen LogP contribution >= 0.6 is 0 Å². The molecule has 3 heterocycles. The number of rotatable bonds is 4. The fourth-order valence-corrected chi connectivity index (χ4v) is 3.86. The second-order valence-corrected chi connectivity index (χ2v) is 8.56. The quantitative estimate of drug-likeness (QED) is 0.783. The highest BCUT2D eigenvalue weighted by Crippen LogP contribution is 2.43. The first kappa shape index (κ1) is 17.3. The molecule has 0 saturated carbocycles. The van der Waals surface area contributed by atoms with Crippen LogP contribution < -0.4 is 10.2 Å². The minimum Gasteiger partial charge on any atom is -0.491 e. The zero-order chi connectivity index (χ0) is 17.9. The van der Waals surface area contributed by atoms with Crippen molar-refractivity contribution in [3.8, 4) is 5.75 Å². The molecule has 4 rings (SSSR count). The van der Waals surface area contributed by atoms with Crippen molar-refractivity contribution < 1.29 is 23.2 Å². The van der Waals surface area contributed by atoms with Gasteiger partial charge in [-0.2, -0.15) is 0 Å². The van der Waals surface area contributed by atoms with E-state index < -0.39 is 18.3 Å². The molecule has 3 aliphatic heterocycles. The Balaban J connectivity index is 1.50. The third kappa shape index (κ3) is 2.98. The molecule has 0 aliphatic carbocycles. The molecular weight excluding hydrogens is 322 g/mol. The molecule has 3 aliphatic rings. The van der Waals surface area contributed by atoms with Crippen molar-refractivity contribution in [2.45, 2.75) is 76.3 Å². The number of hydrogen-bond donors (Lipinski definition) is 0. The van der Waals surface area contributed by atoms with E-state index in [1.54, 1.807) is 12.1 Å². The predicted molar refractivity (Wildman–Crippen MR) is 93.7 cm³/mol. The van der Waals surface area contributed by atoms with Gasteiger partial charge in [0.2, 0.25) is 0 Å². The van der Waals surface area contributed by atoms with Crippen LogP contribution in [0.2, 0.25) is 0 Å². The smallest absolute Gasteiger partial charge is 0.491 e. The average Bonchev–Trinajstić information content (AvgIpc) is 3.19. The van der Waals surface area contributed by atoms with Crippen LogP contribution in [-0.2, 0) is 14.0 Å². The van der Waals surface area contributed by atoms with Crippen molar-refractivity contribution in [1.29, 1.82) is 0 Å². The van der Waals surface area contributed by atoms with Gasteiger partial charge in [0.05, 0.1) is 17.3 Å². The first-order chi connectivity index (χ1) is 11.7. The van der Waals surface area contributed by atoms with E-state index in [1.165, 1.54) is 6.07 Å². The maximum absolute atomic E-state index is 14.4. The summed E-state index contributed by atoms with van der Waals surface area (Å²) in [5, 5.41) is 0. The molecule has 1 aromatic carbocycles. The Morgan fingerprint density at radius 1 is 1.12 bits per heavy atom. The molecule has 1 aromatic rings. The highest BCUT2D eigenvalue weighted by Gasteiger charge is 2.52. The molecule has 0 spiro atoms. The van der Waals surface area contributed by atoms with E-state index in [0.29, 0.717) is 23.9 Å². The van der Waals surface area contributed by atoms with Gasteiger partial charge in [-0.1, -0.05) is 0 Å². The fraction of sp³-hybridized carbons (Fsp3) is 0.684. The zero-order valence-corrected chi connectivity index (χ0v) is 15.4. The van der Waals surface area contributed by atoms with E-state index >= 15 is 0 Å². The number of halogens is 1. The molecule has 3 saturated heterocycles. The van der Waals surface area contributed by atoms with Gasteiger partial charge in [0.15, 0.2) is 0 Å². The molecule has 0 unspecified atom stereocenters. The Bertz CT molecular complexity index is 651. The molecule has 0 N–H and O–H groups in total. The van der Waals surface area contributed by atoms with Crippen molar-refractivity contribution in [2.24, 2.45) is 0 Å². The monoisotopic (exact) mass is 348 g/mol. The van der Waals surface area contributed by atoms with Gasteiger partial charge in [0, 0.05) is 5.46 Å². The van der Waals surface area contributed by atoms with E-state index in [-0.39, 0.29) is 11.4 Å². The van der Waals surface area contributed by atoms with Gasteiger partial charge in [-0.25, -0.2) is 4.39 Å². The molecule has 25 heavy (non-hydrogen) atoms. The summed E-state index contributed by atoms with van der Waals surface area (Å²) in [6.07, 6.45) is 4.72. The first-order valence-corrected chi connectivity index (χ1v) is 9.16. The molecule has 6 heteroatoms. The maximum atomic E-state index is 14.4. The van der Waals surface area contributed by atoms with Crippen LogP contribution in [0.3, 0.4) is 0 Å². The molecule has 4 nitrogen and oxygen atoms in total. The minimum atomic E-state index is -0.731. The maximum Gasteiger partial charge on any atom is 0.497 e. The lowest BCUT2D eigenvalue weighted by Crippen LogP contribution is -2.41. The van der Waals surface area contributed by atoms with Gasteiger partial charge in [0.1, 0.15) is 23.8 Å². The lowest BCUT2D eigenvalue weighted by molar-refractivity contribution is -0.0198. The Labute approximate surface area is 149 Å². The van der Waals surface area contributed by atoms with Crippen molar-refractivity contribution >= 4 is 12.6 Å². The third-order valence-electron chi connectivity index (χ3n) is 6.24. The number of benzene rings is 1. The average molecular weight is 348 g/mol. The second-order valence-electron chi connectivity index (χ2n) is 8.56. The minimum absolute atomic E-state index is 0.149. The predicted octanol–water partition coefficient (Wildman–Crippen LogP) is 3.22. The molecule has 0 atom stereocenters.